The van der Waals surface area contributed by atoms with Gasteiger partial charge in [-0.2, -0.15) is 10.4 Å². The van der Waals surface area contributed by atoms with Gasteiger partial charge in [0.2, 0.25) is 0 Å². The third kappa shape index (κ3) is 3.45. The van der Waals surface area contributed by atoms with E-state index in [4.69, 9.17) is 0 Å². The maximum atomic E-state index is 12.4. The van der Waals surface area contributed by atoms with Crippen LogP contribution in [0.25, 0.3) is 33.8 Å². The Labute approximate surface area is 169 Å². The SMILES string of the molecule is Cc1ccc2c(=O)[nH]c(C(C#N)=Cc3cn[nH]c3-c3cccc([N+](=O)[O-])c3)nc2c1. The molecule has 0 amide bonds. The van der Waals surface area contributed by atoms with Crippen LogP contribution in [0.1, 0.15) is 17.0 Å². The summed E-state index contributed by atoms with van der Waals surface area (Å²) in [5, 5.41) is 28.0. The summed E-state index contributed by atoms with van der Waals surface area (Å²) in [7, 11) is 0. The van der Waals surface area contributed by atoms with Crippen molar-refractivity contribution in [1.82, 2.24) is 20.2 Å². The molecule has 0 aliphatic carbocycles. The zero-order valence-corrected chi connectivity index (χ0v) is 15.7. The van der Waals surface area contributed by atoms with Gasteiger partial charge in [0.1, 0.15) is 6.07 Å². The predicted molar refractivity (Wildman–Crippen MR) is 111 cm³/mol. The Morgan fingerprint density at radius 2 is 2.10 bits per heavy atom. The highest BCUT2D eigenvalue weighted by atomic mass is 16.6. The van der Waals surface area contributed by atoms with Crippen molar-refractivity contribution < 1.29 is 4.92 Å². The fourth-order valence-corrected chi connectivity index (χ4v) is 3.10. The summed E-state index contributed by atoms with van der Waals surface area (Å²) in [6, 6.07) is 13.4. The number of aromatic nitrogens is 4. The number of H-pyrrole nitrogens is 2. The molecule has 0 saturated carbocycles. The number of nitrogens with one attached hydrogen (secondary N) is 2. The number of fused-ring (bicyclic) bond motifs is 1. The first-order chi connectivity index (χ1) is 14.5. The summed E-state index contributed by atoms with van der Waals surface area (Å²) in [4.78, 5) is 30.0. The van der Waals surface area contributed by atoms with E-state index in [1.165, 1.54) is 24.4 Å². The smallest absolute Gasteiger partial charge is 0.270 e. The van der Waals surface area contributed by atoms with Crippen LogP contribution >= 0.6 is 0 Å². The molecule has 2 aromatic heterocycles. The van der Waals surface area contributed by atoms with Gasteiger partial charge in [-0.1, -0.05) is 18.2 Å². The summed E-state index contributed by atoms with van der Waals surface area (Å²) in [6.07, 6.45) is 3.02. The second-order valence-corrected chi connectivity index (χ2v) is 6.61. The molecule has 0 bridgehead atoms. The Hall–Kier alpha value is -4.58. The fourth-order valence-electron chi connectivity index (χ4n) is 3.10. The minimum atomic E-state index is -0.484. The van der Waals surface area contributed by atoms with Crippen LogP contribution in [0.3, 0.4) is 0 Å². The van der Waals surface area contributed by atoms with E-state index < -0.39 is 4.92 Å². The molecule has 4 rings (SSSR count). The number of non-ortho nitro benzene ring substituents is 1. The predicted octanol–water partition coefficient (Wildman–Crippen LogP) is 3.59. The molecule has 0 atom stereocenters. The number of nitrogens with zero attached hydrogens (tertiary/aromatic N) is 4. The van der Waals surface area contributed by atoms with Gasteiger partial charge in [-0.25, -0.2) is 4.98 Å². The summed E-state index contributed by atoms with van der Waals surface area (Å²) in [6.45, 7) is 1.89. The topological polar surface area (TPSA) is 141 Å². The first-order valence-electron chi connectivity index (χ1n) is 8.87. The molecular formula is C21H14N6O3. The molecule has 0 radical (unpaired) electrons. The number of hydrogen-bond acceptors (Lipinski definition) is 6. The normalized spacial score (nSPS) is 11.4. The molecule has 30 heavy (non-hydrogen) atoms. The van der Waals surface area contributed by atoms with E-state index in [2.05, 4.69) is 26.2 Å². The zero-order chi connectivity index (χ0) is 21.3. The highest BCUT2D eigenvalue weighted by Crippen LogP contribution is 2.27. The monoisotopic (exact) mass is 398 g/mol. The maximum Gasteiger partial charge on any atom is 0.270 e. The lowest BCUT2D eigenvalue weighted by atomic mass is 10.1. The Morgan fingerprint density at radius 3 is 2.87 bits per heavy atom. The van der Waals surface area contributed by atoms with E-state index in [1.807, 2.05) is 13.0 Å². The van der Waals surface area contributed by atoms with Gasteiger partial charge in [-0.05, 0) is 30.7 Å². The van der Waals surface area contributed by atoms with Crippen LogP contribution in [-0.2, 0) is 0 Å². The lowest BCUT2D eigenvalue weighted by Crippen LogP contribution is -2.11. The Kier molecular flexibility index (Phi) is 4.66. The first kappa shape index (κ1) is 18.8. The minimum Gasteiger partial charge on any atom is -0.305 e. The molecule has 4 aromatic rings. The van der Waals surface area contributed by atoms with E-state index in [-0.39, 0.29) is 22.6 Å². The fraction of sp³-hybridized carbons (Fsp3) is 0.0476. The molecule has 0 spiro atoms. The van der Waals surface area contributed by atoms with Crippen LogP contribution < -0.4 is 5.56 Å². The van der Waals surface area contributed by atoms with E-state index in [9.17, 15) is 20.2 Å². The number of aromatic amines is 2. The Bertz CT molecular complexity index is 1420. The van der Waals surface area contributed by atoms with Crippen molar-refractivity contribution in [1.29, 1.82) is 5.26 Å². The number of benzene rings is 2. The molecule has 0 aliphatic rings. The van der Waals surface area contributed by atoms with Crippen molar-refractivity contribution >= 4 is 28.2 Å². The van der Waals surface area contributed by atoms with Crippen LogP contribution in [0, 0.1) is 28.4 Å². The van der Waals surface area contributed by atoms with E-state index >= 15 is 0 Å². The molecule has 9 heteroatoms. The Balaban J connectivity index is 1.82. The standard InChI is InChI=1S/C21H14N6O3/c1-12-5-6-17-18(7-12)24-20(25-21(17)28)14(10-22)8-15-11-23-26-19(15)13-3-2-4-16(9-13)27(29)30/h2-9,11H,1H3,(H,23,26)(H,24,25,28). The number of nitriles is 1. The number of aryl methyl sites for hydroxylation is 1. The highest BCUT2D eigenvalue weighted by Gasteiger charge is 2.14. The number of nitro groups is 1. The number of hydrogen-bond donors (Lipinski definition) is 2. The molecule has 0 aliphatic heterocycles. The van der Waals surface area contributed by atoms with Crippen LogP contribution in [0.5, 0.6) is 0 Å². The van der Waals surface area contributed by atoms with E-state index in [0.717, 1.165) is 5.56 Å². The van der Waals surface area contributed by atoms with Gasteiger partial charge in [-0.15, -0.1) is 0 Å². The van der Waals surface area contributed by atoms with Gasteiger partial charge < -0.3 is 4.98 Å². The van der Waals surface area contributed by atoms with Crippen LogP contribution in [-0.4, -0.2) is 25.1 Å². The summed E-state index contributed by atoms with van der Waals surface area (Å²) in [5.41, 5.74) is 2.72. The van der Waals surface area contributed by atoms with Crippen LogP contribution in [0.15, 0.2) is 53.5 Å². The van der Waals surface area contributed by atoms with E-state index in [1.54, 1.807) is 24.3 Å². The number of allylic oxidation sites excluding steroid dienone is 1. The van der Waals surface area contributed by atoms with Gasteiger partial charge in [0.25, 0.3) is 11.2 Å². The third-order valence-corrected chi connectivity index (χ3v) is 4.55. The van der Waals surface area contributed by atoms with Crippen molar-refractivity contribution in [3.63, 3.8) is 0 Å². The number of rotatable bonds is 4. The second-order valence-electron chi connectivity index (χ2n) is 6.61. The van der Waals surface area contributed by atoms with Crippen molar-refractivity contribution in [2.45, 2.75) is 6.92 Å². The third-order valence-electron chi connectivity index (χ3n) is 4.55. The van der Waals surface area contributed by atoms with Gasteiger partial charge in [0.05, 0.1) is 33.3 Å². The van der Waals surface area contributed by atoms with Crippen molar-refractivity contribution in [3.8, 4) is 17.3 Å². The van der Waals surface area contributed by atoms with Gasteiger partial charge >= 0.3 is 0 Å². The molecule has 2 N–H and O–H groups in total. The van der Waals surface area contributed by atoms with Crippen molar-refractivity contribution in [3.05, 3.63) is 86.1 Å². The van der Waals surface area contributed by atoms with Crippen molar-refractivity contribution in [2.24, 2.45) is 0 Å². The zero-order valence-electron chi connectivity index (χ0n) is 15.7. The lowest BCUT2D eigenvalue weighted by Gasteiger charge is -2.04. The second kappa shape index (κ2) is 7.44. The van der Waals surface area contributed by atoms with Gasteiger partial charge in [-0.3, -0.25) is 20.0 Å². The molecule has 0 saturated heterocycles. The largest absolute Gasteiger partial charge is 0.305 e. The van der Waals surface area contributed by atoms with E-state index in [0.29, 0.717) is 27.7 Å². The van der Waals surface area contributed by atoms with Crippen LogP contribution in [0.2, 0.25) is 0 Å². The lowest BCUT2D eigenvalue weighted by molar-refractivity contribution is -0.384. The summed E-state index contributed by atoms with van der Waals surface area (Å²) >= 11 is 0. The average molecular weight is 398 g/mol. The van der Waals surface area contributed by atoms with Crippen LogP contribution in [0.4, 0.5) is 5.69 Å². The molecule has 9 nitrogen and oxygen atoms in total. The summed E-state index contributed by atoms with van der Waals surface area (Å²) < 4.78 is 0. The Morgan fingerprint density at radius 1 is 1.27 bits per heavy atom. The highest BCUT2D eigenvalue weighted by molar-refractivity contribution is 5.91. The average Bonchev–Trinajstić information content (AvgIpc) is 3.20. The summed E-state index contributed by atoms with van der Waals surface area (Å²) in [5.74, 6) is 0.131. The number of nitro benzene ring substituents is 1. The molecule has 0 fully saturated rings. The molecule has 0 unspecified atom stereocenters. The first-order valence-corrected chi connectivity index (χ1v) is 8.87. The molecule has 146 valence electrons. The maximum absolute atomic E-state index is 12.4. The van der Waals surface area contributed by atoms with Gasteiger partial charge in [0.15, 0.2) is 5.82 Å². The molecular weight excluding hydrogens is 384 g/mol. The molecule has 2 aromatic carbocycles. The quantitative estimate of drug-likeness (QED) is 0.306. The minimum absolute atomic E-state index is 0.0616. The van der Waals surface area contributed by atoms with Gasteiger partial charge in [0, 0.05) is 23.3 Å². The molecule has 2 heterocycles. The van der Waals surface area contributed by atoms with Crippen molar-refractivity contribution in [2.75, 3.05) is 0 Å².